The predicted molar refractivity (Wildman–Crippen MR) is 71.2 cm³/mol. The molecule has 0 spiro atoms. The molecule has 1 aliphatic rings. The van der Waals surface area contributed by atoms with Gasteiger partial charge in [0.2, 0.25) is 0 Å². The molecule has 5 nitrogen and oxygen atoms in total. The average molecular weight is 249 g/mol. The van der Waals surface area contributed by atoms with Crippen LogP contribution in [0.1, 0.15) is 23.2 Å². The number of nitrogens with zero attached hydrogens (tertiary/aromatic N) is 1. The molecule has 0 unspecified atom stereocenters. The second-order valence-corrected chi connectivity index (χ2v) is 4.57. The predicted octanol–water partition coefficient (Wildman–Crippen LogP) is 1.10. The van der Waals surface area contributed by atoms with Gasteiger partial charge in [-0.15, -0.1) is 0 Å². The zero-order valence-electron chi connectivity index (χ0n) is 10.6. The molecule has 0 aliphatic carbocycles. The van der Waals surface area contributed by atoms with Crippen molar-refractivity contribution in [2.45, 2.75) is 18.9 Å². The van der Waals surface area contributed by atoms with Gasteiger partial charge in [0, 0.05) is 31.6 Å². The van der Waals surface area contributed by atoms with Crippen LogP contribution in [0.4, 0.5) is 11.4 Å². The number of methoxy groups -OCH3 is 1. The molecule has 1 heterocycles. The lowest BCUT2D eigenvalue weighted by Crippen LogP contribution is -2.40. The number of rotatable bonds is 2. The molecule has 0 aromatic heterocycles. The normalized spacial score (nSPS) is 16.8. The molecule has 98 valence electrons. The Morgan fingerprint density at radius 2 is 2.00 bits per heavy atom. The Kier molecular flexibility index (Phi) is 3.72. The molecule has 0 atom stereocenters. The van der Waals surface area contributed by atoms with E-state index in [1.807, 2.05) is 4.90 Å². The van der Waals surface area contributed by atoms with Crippen molar-refractivity contribution in [1.82, 2.24) is 4.90 Å². The third-order valence-corrected chi connectivity index (χ3v) is 3.37. The number of ether oxygens (including phenoxy) is 1. The fraction of sp³-hybridized carbons (Fsp3) is 0.462. The number of hydrogen-bond acceptors (Lipinski definition) is 4. The summed E-state index contributed by atoms with van der Waals surface area (Å²) < 4.78 is 5.29. The van der Waals surface area contributed by atoms with Crippen molar-refractivity contribution >= 4 is 17.3 Å². The lowest BCUT2D eigenvalue weighted by Gasteiger charge is -2.31. The summed E-state index contributed by atoms with van der Waals surface area (Å²) in [7, 11) is 1.71. The summed E-state index contributed by atoms with van der Waals surface area (Å²) in [4.78, 5) is 14.1. The van der Waals surface area contributed by atoms with Gasteiger partial charge in [-0.3, -0.25) is 4.79 Å². The second kappa shape index (κ2) is 5.27. The van der Waals surface area contributed by atoms with Gasteiger partial charge in [0.15, 0.2) is 0 Å². The Hall–Kier alpha value is -1.75. The van der Waals surface area contributed by atoms with Gasteiger partial charge in [-0.1, -0.05) is 0 Å². The summed E-state index contributed by atoms with van der Waals surface area (Å²) in [5.41, 5.74) is 13.0. The second-order valence-electron chi connectivity index (χ2n) is 4.57. The number of hydrogen-bond donors (Lipinski definition) is 2. The van der Waals surface area contributed by atoms with Gasteiger partial charge in [0.25, 0.3) is 5.91 Å². The van der Waals surface area contributed by atoms with Gasteiger partial charge in [0.05, 0.1) is 11.7 Å². The largest absolute Gasteiger partial charge is 0.399 e. The summed E-state index contributed by atoms with van der Waals surface area (Å²) in [6.45, 7) is 1.42. The highest BCUT2D eigenvalue weighted by Crippen LogP contribution is 2.20. The van der Waals surface area contributed by atoms with Crippen LogP contribution in [0, 0.1) is 0 Å². The highest BCUT2D eigenvalue weighted by molar-refractivity contribution is 5.99. The first kappa shape index (κ1) is 12.7. The third-order valence-electron chi connectivity index (χ3n) is 3.37. The van der Waals surface area contributed by atoms with Crippen LogP contribution < -0.4 is 11.5 Å². The van der Waals surface area contributed by atoms with Gasteiger partial charge < -0.3 is 21.1 Å². The number of likely N-dealkylation sites (tertiary alicyclic amines) is 1. The van der Waals surface area contributed by atoms with Crippen molar-refractivity contribution in [1.29, 1.82) is 0 Å². The van der Waals surface area contributed by atoms with Gasteiger partial charge >= 0.3 is 0 Å². The molecule has 1 fully saturated rings. The van der Waals surface area contributed by atoms with E-state index in [4.69, 9.17) is 16.2 Å². The molecule has 2 rings (SSSR count). The highest BCUT2D eigenvalue weighted by Gasteiger charge is 2.24. The van der Waals surface area contributed by atoms with E-state index in [9.17, 15) is 4.79 Å². The maximum Gasteiger partial charge on any atom is 0.255 e. The molecule has 18 heavy (non-hydrogen) atoms. The Morgan fingerprint density at radius 1 is 1.33 bits per heavy atom. The molecule has 1 aliphatic heterocycles. The van der Waals surface area contributed by atoms with Crippen molar-refractivity contribution in [3.8, 4) is 0 Å². The minimum absolute atomic E-state index is 0.0259. The number of amides is 1. The van der Waals surface area contributed by atoms with E-state index < -0.39 is 0 Å². The van der Waals surface area contributed by atoms with Crippen LogP contribution in [0.5, 0.6) is 0 Å². The molecule has 0 bridgehead atoms. The number of carbonyl (C=O) groups is 1. The van der Waals surface area contributed by atoms with Crippen molar-refractivity contribution in [3.05, 3.63) is 23.8 Å². The number of carbonyl (C=O) groups excluding carboxylic acids is 1. The van der Waals surface area contributed by atoms with Crippen LogP contribution >= 0.6 is 0 Å². The Bertz CT molecular complexity index is 440. The quantitative estimate of drug-likeness (QED) is 0.769. The van der Waals surface area contributed by atoms with Gasteiger partial charge in [0.1, 0.15) is 0 Å². The van der Waals surface area contributed by atoms with Crippen LogP contribution in [0.3, 0.4) is 0 Å². The van der Waals surface area contributed by atoms with Gasteiger partial charge in [-0.05, 0) is 31.0 Å². The Morgan fingerprint density at radius 3 is 2.56 bits per heavy atom. The number of piperidine rings is 1. The van der Waals surface area contributed by atoms with Crippen molar-refractivity contribution < 1.29 is 9.53 Å². The van der Waals surface area contributed by atoms with Crippen LogP contribution in [-0.2, 0) is 4.74 Å². The maximum absolute atomic E-state index is 12.3. The minimum atomic E-state index is -0.0259. The first-order valence-corrected chi connectivity index (χ1v) is 6.09. The zero-order chi connectivity index (χ0) is 13.1. The van der Waals surface area contributed by atoms with Crippen molar-refractivity contribution in [3.63, 3.8) is 0 Å². The number of anilines is 2. The standard InChI is InChI=1S/C13H19N3O2/c1-18-10-4-6-16(7-5-10)13(17)11-3-2-9(14)8-12(11)15/h2-3,8,10H,4-7,14-15H2,1H3. The van der Waals surface area contributed by atoms with Crippen molar-refractivity contribution in [2.24, 2.45) is 0 Å². The van der Waals surface area contributed by atoms with Crippen LogP contribution in [0.25, 0.3) is 0 Å². The Labute approximate surface area is 107 Å². The van der Waals surface area contributed by atoms with E-state index in [-0.39, 0.29) is 12.0 Å². The van der Waals surface area contributed by atoms with E-state index >= 15 is 0 Å². The molecule has 0 radical (unpaired) electrons. The molecule has 1 aromatic rings. The molecule has 5 heteroatoms. The van der Waals surface area contributed by atoms with Gasteiger partial charge in [-0.2, -0.15) is 0 Å². The molecular formula is C13H19N3O2. The summed E-state index contributed by atoms with van der Waals surface area (Å²) in [6.07, 6.45) is 2.01. The smallest absolute Gasteiger partial charge is 0.255 e. The molecule has 4 N–H and O–H groups in total. The summed E-state index contributed by atoms with van der Waals surface area (Å²) in [5.74, 6) is -0.0259. The third kappa shape index (κ3) is 2.56. The van der Waals surface area contributed by atoms with E-state index in [0.717, 1.165) is 12.8 Å². The first-order chi connectivity index (χ1) is 8.61. The molecular weight excluding hydrogens is 230 g/mol. The van der Waals surface area contributed by atoms with Gasteiger partial charge in [-0.25, -0.2) is 0 Å². The fourth-order valence-electron chi connectivity index (χ4n) is 2.24. The van der Waals surface area contributed by atoms with E-state index in [1.54, 1.807) is 25.3 Å². The number of nitrogen functional groups attached to an aromatic ring is 2. The number of nitrogens with two attached hydrogens (primary N) is 2. The average Bonchev–Trinajstić information content (AvgIpc) is 2.38. The van der Waals surface area contributed by atoms with Crippen LogP contribution in [-0.4, -0.2) is 37.1 Å². The van der Waals surface area contributed by atoms with Crippen LogP contribution in [0.2, 0.25) is 0 Å². The lowest BCUT2D eigenvalue weighted by molar-refractivity contribution is 0.0351. The van der Waals surface area contributed by atoms with Crippen molar-refractivity contribution in [2.75, 3.05) is 31.7 Å². The Balaban J connectivity index is 2.08. The SMILES string of the molecule is COC1CCN(C(=O)c2ccc(N)cc2N)CC1. The first-order valence-electron chi connectivity index (χ1n) is 6.09. The molecule has 1 aromatic carbocycles. The zero-order valence-corrected chi connectivity index (χ0v) is 10.6. The molecule has 1 saturated heterocycles. The molecule has 0 saturated carbocycles. The lowest BCUT2D eigenvalue weighted by atomic mass is 10.1. The van der Waals surface area contributed by atoms with E-state index in [1.165, 1.54) is 0 Å². The highest BCUT2D eigenvalue weighted by atomic mass is 16.5. The summed E-state index contributed by atoms with van der Waals surface area (Å²) >= 11 is 0. The fourth-order valence-corrected chi connectivity index (χ4v) is 2.24. The number of benzene rings is 1. The molecule has 1 amide bonds. The maximum atomic E-state index is 12.3. The van der Waals surface area contributed by atoms with Crippen LogP contribution in [0.15, 0.2) is 18.2 Å². The minimum Gasteiger partial charge on any atom is -0.399 e. The van der Waals surface area contributed by atoms with E-state index in [0.29, 0.717) is 30.0 Å². The summed E-state index contributed by atoms with van der Waals surface area (Å²) in [6, 6.07) is 5.01. The van der Waals surface area contributed by atoms with E-state index in [2.05, 4.69) is 0 Å². The topological polar surface area (TPSA) is 81.6 Å². The summed E-state index contributed by atoms with van der Waals surface area (Å²) in [5, 5.41) is 0. The monoisotopic (exact) mass is 249 g/mol.